The largest absolute Gasteiger partial charge is 0.305 e. The molecule has 0 radical (unpaired) electrons. The van der Waals surface area contributed by atoms with Gasteiger partial charge >= 0.3 is 0 Å². The third kappa shape index (κ3) is 15.8. The Bertz CT molecular complexity index is 7640. The highest BCUT2D eigenvalue weighted by Crippen LogP contribution is 2.52. The van der Waals surface area contributed by atoms with E-state index in [9.17, 15) is 0 Å². The van der Waals surface area contributed by atoms with Gasteiger partial charge in [-0.05, 0) is 268 Å². The fourth-order valence-corrected chi connectivity index (χ4v) is 20.8. The van der Waals surface area contributed by atoms with Gasteiger partial charge in [0.2, 0.25) is 0 Å². The van der Waals surface area contributed by atoms with Crippen LogP contribution >= 0.6 is 0 Å². The number of nitrogens with zero attached hydrogens (tertiary/aromatic N) is 18. The van der Waals surface area contributed by atoms with Gasteiger partial charge in [-0.2, -0.15) is 0 Å². The van der Waals surface area contributed by atoms with Gasteiger partial charge in [0.05, 0.1) is 11.4 Å². The summed E-state index contributed by atoms with van der Waals surface area (Å²) in [6.45, 7) is 2.28. The zero-order chi connectivity index (χ0) is 95.3. The summed E-state index contributed by atoms with van der Waals surface area (Å²) < 4.78 is 0. The number of pyridine rings is 2. The summed E-state index contributed by atoms with van der Waals surface area (Å²) in [6.07, 6.45) is 18.1. The molecule has 16 aromatic carbocycles. The van der Waals surface area contributed by atoms with Crippen molar-refractivity contribution in [3.63, 3.8) is 0 Å². The van der Waals surface area contributed by atoms with Crippen molar-refractivity contribution in [1.29, 1.82) is 0 Å². The fourth-order valence-electron chi connectivity index (χ4n) is 20.8. The van der Waals surface area contributed by atoms with E-state index in [1.807, 2.05) is 36.7 Å². The Labute approximate surface area is 833 Å². The van der Waals surface area contributed by atoms with Crippen molar-refractivity contribution >= 4 is 92.0 Å². The first-order valence-corrected chi connectivity index (χ1v) is 48.3. The second kappa shape index (κ2) is 36.8. The number of fused-ring (bicyclic) bond motifs is 4. The molecule has 4 aliphatic rings. The van der Waals surface area contributed by atoms with Crippen molar-refractivity contribution in [1.82, 2.24) is 49.8 Å². The Hall–Kier alpha value is -19.5. The molecule has 0 atom stereocenters. The monoisotopic (exact) mass is 1850 g/mol. The van der Waals surface area contributed by atoms with Gasteiger partial charge < -0.3 is 39.2 Å². The molecule has 0 amide bonds. The van der Waals surface area contributed by atoms with Gasteiger partial charge in [0.15, 0.2) is 46.5 Å². The first-order chi connectivity index (χ1) is 71.4. The molecule has 0 bridgehead atoms. The second-order valence-electron chi connectivity index (χ2n) is 36.1. The molecule has 0 unspecified atom stereocenters. The zero-order valence-electron chi connectivity index (χ0n) is 78.1. The second-order valence-corrected chi connectivity index (χ2v) is 36.1. The molecule has 0 fully saturated rings. The molecule has 0 spiro atoms. The minimum absolute atomic E-state index is 0.570. The Morgan fingerprint density at radius 1 is 0.125 bits per heavy atom. The summed E-state index contributed by atoms with van der Waals surface area (Å²) >= 11 is 0. The lowest BCUT2D eigenvalue weighted by atomic mass is 9.86. The summed E-state index contributed by atoms with van der Waals surface area (Å²) in [5, 5.41) is 0. The number of anilines is 16. The smallest absolute Gasteiger partial charge is 0.178 e. The predicted octanol–water partition coefficient (Wildman–Crippen LogP) is 30.3. The molecular formula is C126H88N18. The number of para-hydroxylation sites is 4. The van der Waals surface area contributed by atoms with E-state index in [4.69, 9.17) is 49.8 Å². The number of benzene rings is 16. The van der Waals surface area contributed by atoms with E-state index >= 15 is 0 Å². The van der Waals surface area contributed by atoms with Crippen molar-refractivity contribution in [2.45, 2.75) is 0 Å². The van der Waals surface area contributed by atoms with Crippen LogP contribution in [0.15, 0.2) is 487 Å². The SMILES string of the molecule is c1ccc(N2CN(c3ccc(-c4ccccc4-c4cc(-c5ccccc5-c5ccc(N6CN(c7ccccc7)c7nccnc76)cc5)cc(-c5ccccc5-c5ccc(-c6ccc(-c7ccccc7-c7cc(-c8ccccc8-c8ccc(N9CN(c%10ccccc%10)c%10nccnc%109)cc8)cc(-c8ccccc8-c8ccc(N9CN(c%10ccccc%10)c%10nccnc%109)cc8)c7)cn6)nc5)c4)cc3)c3nccnc32)cc1. The van der Waals surface area contributed by atoms with Crippen molar-refractivity contribution < 1.29 is 0 Å². The number of hydrogen-bond donors (Lipinski definition) is 0. The summed E-state index contributed by atoms with van der Waals surface area (Å²) in [4.78, 5) is 67.2. The maximum atomic E-state index is 5.29. The van der Waals surface area contributed by atoms with Gasteiger partial charge in [-0.1, -0.05) is 279 Å². The highest BCUT2D eigenvalue weighted by molar-refractivity contribution is 5.99. The third-order valence-corrected chi connectivity index (χ3v) is 27.8. The molecule has 6 aromatic heterocycles. The van der Waals surface area contributed by atoms with Crippen molar-refractivity contribution in [2.24, 2.45) is 0 Å². The van der Waals surface area contributed by atoms with E-state index in [0.29, 0.717) is 26.7 Å². The molecule has 0 N–H and O–H groups in total. The Balaban J connectivity index is 0.533. The van der Waals surface area contributed by atoms with E-state index in [-0.39, 0.29) is 0 Å². The predicted molar refractivity (Wildman–Crippen MR) is 583 cm³/mol. The van der Waals surface area contributed by atoms with Crippen LogP contribution in [0.3, 0.4) is 0 Å². The molecule has 18 nitrogen and oxygen atoms in total. The summed E-state index contributed by atoms with van der Waals surface area (Å²) in [7, 11) is 0. The molecule has 0 aliphatic carbocycles. The van der Waals surface area contributed by atoms with E-state index in [0.717, 1.165) is 237 Å². The maximum Gasteiger partial charge on any atom is 0.178 e. The Kier molecular flexibility index (Phi) is 21.7. The summed E-state index contributed by atoms with van der Waals surface area (Å²) in [5.41, 5.74) is 35.5. The average Bonchev–Trinajstić information content (AvgIpc) is 1.58. The highest BCUT2D eigenvalue weighted by Gasteiger charge is 2.36. The minimum Gasteiger partial charge on any atom is -0.305 e. The normalized spacial score (nSPS) is 12.9. The third-order valence-electron chi connectivity index (χ3n) is 27.8. The van der Waals surface area contributed by atoms with Gasteiger partial charge in [-0.25, -0.2) is 39.9 Å². The van der Waals surface area contributed by atoms with Gasteiger partial charge in [-0.15, -0.1) is 0 Å². The first kappa shape index (κ1) is 85.0. The van der Waals surface area contributed by atoms with Crippen molar-refractivity contribution in [2.75, 3.05) is 65.9 Å². The van der Waals surface area contributed by atoms with Crippen LogP contribution in [-0.2, 0) is 0 Å². The lowest BCUT2D eigenvalue weighted by Gasteiger charge is -2.21. The van der Waals surface area contributed by atoms with Crippen LogP contribution in [0.1, 0.15) is 0 Å². The van der Waals surface area contributed by atoms with Crippen molar-refractivity contribution in [3.8, 4) is 145 Å². The summed E-state index contributed by atoms with van der Waals surface area (Å²) in [5.74, 6) is 6.54. The molecule has 26 rings (SSSR count). The first-order valence-electron chi connectivity index (χ1n) is 48.3. The van der Waals surface area contributed by atoms with Crippen LogP contribution in [0.2, 0.25) is 0 Å². The van der Waals surface area contributed by atoms with E-state index in [1.165, 1.54) is 0 Å². The van der Waals surface area contributed by atoms with E-state index in [1.54, 1.807) is 49.6 Å². The van der Waals surface area contributed by atoms with Crippen LogP contribution in [0.5, 0.6) is 0 Å². The summed E-state index contributed by atoms with van der Waals surface area (Å²) in [6, 6.07) is 152. The van der Waals surface area contributed by atoms with Crippen LogP contribution in [0.4, 0.5) is 92.0 Å². The molecule has 18 heteroatoms. The molecular weight excluding hydrogens is 1770 g/mol. The molecule has 4 aliphatic heterocycles. The zero-order valence-corrected chi connectivity index (χ0v) is 78.1. The van der Waals surface area contributed by atoms with E-state index < -0.39 is 0 Å². The van der Waals surface area contributed by atoms with Gasteiger partial charge in [0.25, 0.3) is 0 Å². The van der Waals surface area contributed by atoms with Gasteiger partial charge in [0.1, 0.15) is 26.7 Å². The van der Waals surface area contributed by atoms with Gasteiger partial charge in [0, 0.05) is 119 Å². The molecule has 22 aromatic rings. The maximum absolute atomic E-state index is 5.29. The van der Waals surface area contributed by atoms with E-state index in [2.05, 4.69) is 440 Å². The molecule has 144 heavy (non-hydrogen) atoms. The number of hydrogen-bond acceptors (Lipinski definition) is 18. The molecule has 682 valence electrons. The lowest BCUT2D eigenvalue weighted by Crippen LogP contribution is -2.24. The number of aromatic nitrogens is 10. The molecule has 0 saturated heterocycles. The topological polar surface area (TPSA) is 155 Å². The Morgan fingerprint density at radius 3 is 0.438 bits per heavy atom. The quantitative estimate of drug-likeness (QED) is 0.0669. The van der Waals surface area contributed by atoms with Gasteiger partial charge in [-0.3, -0.25) is 9.97 Å². The highest BCUT2D eigenvalue weighted by atomic mass is 15.5. The fraction of sp³-hybridized carbons (Fsp3) is 0.0317. The average molecular weight is 1850 g/mol. The lowest BCUT2D eigenvalue weighted by molar-refractivity contribution is 0.976. The van der Waals surface area contributed by atoms with Crippen molar-refractivity contribution in [3.05, 3.63) is 487 Å². The Morgan fingerprint density at radius 2 is 0.271 bits per heavy atom. The van der Waals surface area contributed by atoms with Crippen LogP contribution in [0, 0.1) is 0 Å². The molecule has 10 heterocycles. The minimum atomic E-state index is 0.570. The van der Waals surface area contributed by atoms with Crippen LogP contribution in [0.25, 0.3) is 145 Å². The van der Waals surface area contributed by atoms with Crippen LogP contribution < -0.4 is 39.2 Å². The standard InChI is InChI=1S/C126H88N18/c1-5-25-97(26-6-1)137-81-141(123-119(137)127-65-69-131-123)101-55-45-85(46-56-101)105-33-13-19-39-111(105)91-73-92(112-40-20-14-34-106(112)86-47-57-102(58-48-86)142-82-138(98-27-7-2-8-28-98)120-124(142)132-70-66-128-120)76-95(75-91)115-43-23-17-37-109(115)89-53-63-117(135-79-89)118-64-54-90(80-136-118)110-38-18-24-44-116(110)96-77-93(113-41-21-15-35-107(113)87-49-59-103(60-50-87)143-83-139(99-29-9-3-10-30-99)121-125(143)133-71-67-129-121)74-94(78-96)114-42-22-16-36-108(114)88-51-61-104(62-52-88)144-84-140(100-31-11-4-12-32-100)122-126(144)134-72-68-130-122/h1-80H,81-84H2. The number of rotatable bonds is 21. The molecule has 0 saturated carbocycles. The van der Waals surface area contributed by atoms with Crippen LogP contribution in [-0.4, -0.2) is 76.5 Å².